The molecule has 0 bridgehead atoms. The quantitative estimate of drug-likeness (QED) is 0.551. The van der Waals surface area contributed by atoms with E-state index >= 15 is 0 Å². The summed E-state index contributed by atoms with van der Waals surface area (Å²) in [7, 11) is 0. The van der Waals surface area contributed by atoms with Gasteiger partial charge < -0.3 is 19.8 Å². The van der Waals surface area contributed by atoms with Crippen LogP contribution in [0.1, 0.15) is 5.56 Å². The maximum absolute atomic E-state index is 12.7. The zero-order valence-electron chi connectivity index (χ0n) is 14.5. The lowest BCUT2D eigenvalue weighted by Gasteiger charge is -2.09. The van der Waals surface area contributed by atoms with Crippen LogP contribution < -0.4 is 20.3 Å². The molecular weight excluding hydrogens is 382 g/mol. The molecule has 0 atom stereocenters. The molecule has 1 aliphatic rings. The molecule has 5 rings (SSSR count). The molecule has 0 aliphatic carbocycles. The number of hydrogen-bond donors (Lipinski definition) is 2. The number of hydrogen-bond acceptors (Lipinski definition) is 6. The molecule has 2 aromatic heterocycles. The molecule has 0 unspecified atom stereocenters. The van der Waals surface area contributed by atoms with E-state index in [-0.39, 0.29) is 11.8 Å². The Bertz CT molecular complexity index is 1220. The Morgan fingerprint density at radius 2 is 2.04 bits per heavy atom. The minimum absolute atomic E-state index is 0.0381. The van der Waals surface area contributed by atoms with Gasteiger partial charge in [0.05, 0.1) is 22.9 Å². The van der Waals surface area contributed by atoms with E-state index in [1.54, 1.807) is 0 Å². The Morgan fingerprint density at radius 1 is 1.18 bits per heavy atom. The number of para-hydroxylation sites is 2. The van der Waals surface area contributed by atoms with E-state index in [2.05, 4.69) is 20.4 Å². The summed E-state index contributed by atoms with van der Waals surface area (Å²) < 4.78 is 11.8. The number of rotatable bonds is 4. The lowest BCUT2D eigenvalue weighted by molar-refractivity contribution is 0.174. The van der Waals surface area contributed by atoms with E-state index in [1.807, 2.05) is 42.5 Å². The highest BCUT2D eigenvalue weighted by molar-refractivity contribution is 6.32. The molecule has 0 amide bonds. The first-order valence-electron chi connectivity index (χ1n) is 8.54. The highest BCUT2D eigenvalue weighted by Crippen LogP contribution is 2.32. The van der Waals surface area contributed by atoms with Crippen LogP contribution in [0.5, 0.6) is 11.5 Å². The molecule has 140 valence electrons. The summed E-state index contributed by atoms with van der Waals surface area (Å²) in [6.45, 7) is 0.675. The van der Waals surface area contributed by atoms with Crippen LogP contribution in [-0.2, 0) is 6.54 Å². The molecule has 8 nitrogen and oxygen atoms in total. The lowest BCUT2D eigenvalue weighted by atomic mass is 10.2. The highest BCUT2D eigenvalue weighted by atomic mass is 35.5. The van der Waals surface area contributed by atoms with Crippen LogP contribution in [0.2, 0.25) is 5.02 Å². The first-order valence-corrected chi connectivity index (χ1v) is 8.92. The van der Waals surface area contributed by atoms with Gasteiger partial charge in [0.2, 0.25) is 12.7 Å². The Hall–Kier alpha value is -3.52. The SMILES string of the molecule is O=c1c(Cl)c(NCc2ccc3c(c2)OCO3)cnn1-c1nc2ccccc2[nH]1. The minimum atomic E-state index is -0.462. The van der Waals surface area contributed by atoms with Crippen LogP contribution in [0, 0.1) is 0 Å². The first-order chi connectivity index (χ1) is 13.7. The third-order valence-electron chi connectivity index (χ3n) is 4.42. The summed E-state index contributed by atoms with van der Waals surface area (Å²) in [6.07, 6.45) is 1.50. The minimum Gasteiger partial charge on any atom is -0.454 e. The van der Waals surface area contributed by atoms with Gasteiger partial charge in [-0.25, -0.2) is 4.98 Å². The van der Waals surface area contributed by atoms with E-state index in [1.165, 1.54) is 6.20 Å². The number of aromatic amines is 1. The highest BCUT2D eigenvalue weighted by Gasteiger charge is 2.15. The zero-order chi connectivity index (χ0) is 19.1. The molecule has 2 N–H and O–H groups in total. The van der Waals surface area contributed by atoms with Crippen LogP contribution in [0.3, 0.4) is 0 Å². The fraction of sp³-hybridized carbons (Fsp3) is 0.105. The number of nitrogens with one attached hydrogen (secondary N) is 2. The number of imidazole rings is 1. The average Bonchev–Trinajstić information content (AvgIpc) is 3.35. The van der Waals surface area contributed by atoms with Gasteiger partial charge in [-0.1, -0.05) is 29.8 Å². The molecule has 4 aromatic rings. The van der Waals surface area contributed by atoms with Crippen molar-refractivity contribution in [3.05, 3.63) is 69.6 Å². The molecule has 9 heteroatoms. The maximum Gasteiger partial charge on any atom is 0.295 e. The van der Waals surface area contributed by atoms with Crippen molar-refractivity contribution >= 4 is 28.3 Å². The van der Waals surface area contributed by atoms with Crippen LogP contribution >= 0.6 is 11.6 Å². The predicted molar refractivity (Wildman–Crippen MR) is 104 cm³/mol. The third-order valence-corrected chi connectivity index (χ3v) is 4.78. The summed E-state index contributed by atoms with van der Waals surface area (Å²) >= 11 is 6.28. The number of ether oxygens (including phenoxy) is 2. The molecule has 0 fully saturated rings. The number of fused-ring (bicyclic) bond motifs is 2. The van der Waals surface area contributed by atoms with Gasteiger partial charge in [-0.05, 0) is 29.8 Å². The fourth-order valence-corrected chi connectivity index (χ4v) is 3.19. The third kappa shape index (κ3) is 2.84. The second-order valence-corrected chi connectivity index (χ2v) is 6.59. The molecule has 0 radical (unpaired) electrons. The number of benzene rings is 2. The molecule has 28 heavy (non-hydrogen) atoms. The van der Waals surface area contributed by atoms with Crippen molar-refractivity contribution in [1.82, 2.24) is 19.7 Å². The second kappa shape index (κ2) is 6.58. The van der Waals surface area contributed by atoms with Crippen molar-refractivity contribution in [3.63, 3.8) is 0 Å². The van der Waals surface area contributed by atoms with E-state index in [0.717, 1.165) is 27.0 Å². The average molecular weight is 396 g/mol. The molecule has 2 aromatic carbocycles. The first kappa shape index (κ1) is 16.6. The summed E-state index contributed by atoms with van der Waals surface area (Å²) in [5.41, 5.74) is 2.49. The number of halogens is 1. The van der Waals surface area contributed by atoms with E-state index in [0.29, 0.717) is 23.9 Å². The topological polar surface area (TPSA) is 94.1 Å². The normalized spacial score (nSPS) is 12.5. The molecule has 3 heterocycles. The predicted octanol–water partition coefficient (Wildman–Crippen LogP) is 3.10. The molecule has 1 aliphatic heterocycles. The largest absolute Gasteiger partial charge is 0.454 e. The van der Waals surface area contributed by atoms with Crippen molar-refractivity contribution in [1.29, 1.82) is 0 Å². The maximum atomic E-state index is 12.7. The van der Waals surface area contributed by atoms with Gasteiger partial charge in [0.1, 0.15) is 5.02 Å². The Labute approximate surface area is 163 Å². The Balaban J connectivity index is 1.41. The second-order valence-electron chi connectivity index (χ2n) is 6.21. The van der Waals surface area contributed by atoms with Gasteiger partial charge in [0, 0.05) is 6.54 Å². The van der Waals surface area contributed by atoms with Gasteiger partial charge in [-0.2, -0.15) is 9.78 Å². The zero-order valence-corrected chi connectivity index (χ0v) is 15.2. The van der Waals surface area contributed by atoms with Gasteiger partial charge in [0.25, 0.3) is 5.56 Å². The lowest BCUT2D eigenvalue weighted by Crippen LogP contribution is -2.23. The van der Waals surface area contributed by atoms with Gasteiger partial charge >= 0.3 is 0 Å². The van der Waals surface area contributed by atoms with Gasteiger partial charge in [-0.3, -0.25) is 4.79 Å². The van der Waals surface area contributed by atoms with Crippen LogP contribution in [0.4, 0.5) is 5.69 Å². The molecule has 0 saturated heterocycles. The van der Waals surface area contributed by atoms with Crippen LogP contribution in [0.15, 0.2) is 53.5 Å². The fourth-order valence-electron chi connectivity index (χ4n) is 2.99. The van der Waals surface area contributed by atoms with Crippen LogP contribution in [-0.4, -0.2) is 26.5 Å². The summed E-state index contributed by atoms with van der Waals surface area (Å²) in [6, 6.07) is 13.1. The van der Waals surface area contributed by atoms with Crippen molar-refractivity contribution in [2.45, 2.75) is 6.54 Å². The van der Waals surface area contributed by atoms with Crippen molar-refractivity contribution < 1.29 is 9.47 Å². The Morgan fingerprint density at radius 3 is 2.93 bits per heavy atom. The number of nitrogens with zero attached hydrogens (tertiary/aromatic N) is 3. The van der Waals surface area contributed by atoms with E-state index in [4.69, 9.17) is 21.1 Å². The standard InChI is InChI=1S/C19H14ClN5O3/c20-17-14(21-8-11-5-6-15-16(7-11)28-10-27-15)9-22-25(18(17)26)19-23-12-3-1-2-4-13(12)24-19/h1-7,9,21H,8,10H2,(H,23,24). The summed E-state index contributed by atoms with van der Waals surface area (Å²) in [5, 5.41) is 7.36. The van der Waals surface area contributed by atoms with Gasteiger partial charge in [0.15, 0.2) is 11.5 Å². The van der Waals surface area contributed by atoms with Crippen molar-refractivity contribution in [2.24, 2.45) is 0 Å². The number of anilines is 1. The summed E-state index contributed by atoms with van der Waals surface area (Å²) in [5.74, 6) is 1.73. The molecule has 0 spiro atoms. The molecular formula is C19H14ClN5O3. The van der Waals surface area contributed by atoms with Gasteiger partial charge in [-0.15, -0.1) is 0 Å². The molecule has 0 saturated carbocycles. The van der Waals surface area contributed by atoms with Crippen molar-refractivity contribution in [2.75, 3.05) is 12.1 Å². The van der Waals surface area contributed by atoms with Crippen molar-refractivity contribution in [3.8, 4) is 17.4 Å². The monoisotopic (exact) mass is 395 g/mol. The Kier molecular flexibility index (Phi) is 3.91. The van der Waals surface area contributed by atoms with E-state index in [9.17, 15) is 4.79 Å². The number of aromatic nitrogens is 4. The van der Waals surface area contributed by atoms with E-state index < -0.39 is 5.56 Å². The summed E-state index contributed by atoms with van der Waals surface area (Å²) in [4.78, 5) is 20.1. The smallest absolute Gasteiger partial charge is 0.295 e. The number of H-pyrrole nitrogens is 1. The van der Waals surface area contributed by atoms with Crippen LogP contribution in [0.25, 0.3) is 17.0 Å².